The van der Waals surface area contributed by atoms with Crippen LogP contribution in [0.1, 0.15) is 25.7 Å². The number of amides is 1. The lowest BCUT2D eigenvalue weighted by atomic mass is 10.3. The van der Waals surface area contributed by atoms with Crippen molar-refractivity contribution in [3.63, 3.8) is 0 Å². The lowest BCUT2D eigenvalue weighted by Gasteiger charge is -2.10. The van der Waals surface area contributed by atoms with E-state index in [4.69, 9.17) is 0 Å². The van der Waals surface area contributed by atoms with Crippen LogP contribution < -0.4 is 5.32 Å². The van der Waals surface area contributed by atoms with Gasteiger partial charge in [-0.05, 0) is 19.9 Å². The fourth-order valence-corrected chi connectivity index (χ4v) is 1.16. The molecule has 0 spiro atoms. The van der Waals surface area contributed by atoms with Crippen LogP contribution in [-0.2, 0) is 11.8 Å². The second-order valence-corrected chi connectivity index (χ2v) is 3.03. The normalized spacial score (nSPS) is 13.1. The first-order valence-electron chi connectivity index (χ1n) is 4.42. The summed E-state index contributed by atoms with van der Waals surface area (Å²) in [5.74, 6) is 0.617. The molecule has 5 nitrogen and oxygen atoms in total. The molecule has 5 heteroatoms. The van der Waals surface area contributed by atoms with Crippen molar-refractivity contribution >= 4 is 5.91 Å². The summed E-state index contributed by atoms with van der Waals surface area (Å²) >= 11 is 0. The van der Waals surface area contributed by atoms with Crippen molar-refractivity contribution in [3.05, 3.63) is 24.3 Å². The third-order valence-corrected chi connectivity index (χ3v) is 1.81. The van der Waals surface area contributed by atoms with Gasteiger partial charge in [0.05, 0.1) is 6.04 Å². The molecule has 14 heavy (non-hydrogen) atoms. The second-order valence-electron chi connectivity index (χ2n) is 3.03. The number of rotatable bonds is 3. The van der Waals surface area contributed by atoms with Gasteiger partial charge in [0.25, 0.3) is 0 Å². The van der Waals surface area contributed by atoms with Crippen LogP contribution in [-0.4, -0.2) is 20.7 Å². The molecule has 1 aromatic heterocycles. The van der Waals surface area contributed by atoms with E-state index < -0.39 is 0 Å². The van der Waals surface area contributed by atoms with Gasteiger partial charge in [0.2, 0.25) is 5.91 Å². The molecule has 76 valence electrons. The van der Waals surface area contributed by atoms with E-state index in [1.54, 1.807) is 23.9 Å². The van der Waals surface area contributed by atoms with E-state index >= 15 is 0 Å². The van der Waals surface area contributed by atoms with Crippen molar-refractivity contribution in [3.8, 4) is 0 Å². The minimum absolute atomic E-state index is 0.122. The van der Waals surface area contributed by atoms with Gasteiger partial charge in [-0.25, -0.2) is 0 Å². The number of nitrogens with one attached hydrogen (secondary N) is 1. The standard InChI is InChI=1S/C9H14N4O/c1-4-5-8(14)11-7(2)9-12-10-6-13(9)3/h4-7H,1-3H3,(H,11,14). The Balaban J connectivity index is 2.63. The molecule has 0 bridgehead atoms. The topological polar surface area (TPSA) is 59.8 Å². The largest absolute Gasteiger partial charge is 0.343 e. The smallest absolute Gasteiger partial charge is 0.244 e. The molecule has 1 amide bonds. The summed E-state index contributed by atoms with van der Waals surface area (Å²) < 4.78 is 1.78. The zero-order chi connectivity index (χ0) is 10.6. The number of aryl methyl sites for hydroxylation is 1. The van der Waals surface area contributed by atoms with Gasteiger partial charge in [-0.1, -0.05) is 6.08 Å². The van der Waals surface area contributed by atoms with Crippen LogP contribution in [0, 0.1) is 0 Å². The first-order valence-corrected chi connectivity index (χ1v) is 4.42. The summed E-state index contributed by atoms with van der Waals surface area (Å²) in [6, 6.07) is -0.133. The zero-order valence-corrected chi connectivity index (χ0v) is 8.56. The van der Waals surface area contributed by atoms with E-state index in [2.05, 4.69) is 15.5 Å². The van der Waals surface area contributed by atoms with Crippen LogP contribution in [0.5, 0.6) is 0 Å². The van der Waals surface area contributed by atoms with Crippen LogP contribution in [0.3, 0.4) is 0 Å². The summed E-state index contributed by atoms with van der Waals surface area (Å²) in [4.78, 5) is 11.2. The van der Waals surface area contributed by atoms with Crippen molar-refractivity contribution in [2.24, 2.45) is 7.05 Å². The highest BCUT2D eigenvalue weighted by Gasteiger charge is 2.11. The first kappa shape index (κ1) is 10.4. The summed E-state index contributed by atoms with van der Waals surface area (Å²) in [7, 11) is 1.84. The summed E-state index contributed by atoms with van der Waals surface area (Å²) in [5, 5.41) is 10.4. The van der Waals surface area contributed by atoms with E-state index in [9.17, 15) is 4.79 Å². The van der Waals surface area contributed by atoms with E-state index in [0.29, 0.717) is 0 Å². The lowest BCUT2D eigenvalue weighted by molar-refractivity contribution is -0.117. The Morgan fingerprint density at radius 2 is 2.43 bits per heavy atom. The summed E-state index contributed by atoms with van der Waals surface area (Å²) in [6.07, 6.45) is 4.78. The molecule has 1 N–H and O–H groups in total. The van der Waals surface area contributed by atoms with E-state index in [-0.39, 0.29) is 11.9 Å². The molecule has 0 aliphatic heterocycles. The second kappa shape index (κ2) is 4.55. The average molecular weight is 194 g/mol. The average Bonchev–Trinajstić information content (AvgIpc) is 2.51. The monoisotopic (exact) mass is 194 g/mol. The minimum Gasteiger partial charge on any atom is -0.343 e. The van der Waals surface area contributed by atoms with Crippen LogP contribution in [0.25, 0.3) is 0 Å². The molecule has 1 heterocycles. The van der Waals surface area contributed by atoms with Crippen molar-refractivity contribution < 1.29 is 4.79 Å². The van der Waals surface area contributed by atoms with Gasteiger partial charge >= 0.3 is 0 Å². The predicted octanol–water partition coefficient (Wildman–Crippen LogP) is 0.568. The molecule has 1 atom stereocenters. The SMILES string of the molecule is CC=CC(=O)NC(C)c1nncn1C. The first-order chi connectivity index (χ1) is 6.65. The van der Waals surface area contributed by atoms with Crippen LogP contribution in [0.4, 0.5) is 0 Å². The molecule has 1 rings (SSSR count). The third-order valence-electron chi connectivity index (χ3n) is 1.81. The Bertz CT molecular complexity index is 342. The molecule has 1 unspecified atom stereocenters. The van der Waals surface area contributed by atoms with Gasteiger partial charge in [0.1, 0.15) is 6.33 Å². The molecule has 0 radical (unpaired) electrons. The zero-order valence-electron chi connectivity index (χ0n) is 8.56. The number of carbonyl (C=O) groups is 1. The maximum Gasteiger partial charge on any atom is 0.244 e. The number of hydrogen-bond donors (Lipinski definition) is 1. The summed E-state index contributed by atoms with van der Waals surface area (Å²) in [6.45, 7) is 3.66. The molecule has 0 aliphatic rings. The molecular formula is C9H14N4O. The number of nitrogens with zero attached hydrogens (tertiary/aromatic N) is 3. The molecule has 0 saturated heterocycles. The van der Waals surface area contributed by atoms with Gasteiger partial charge in [0.15, 0.2) is 5.82 Å². The number of aromatic nitrogens is 3. The van der Waals surface area contributed by atoms with E-state index in [1.807, 2.05) is 14.0 Å². The highest BCUT2D eigenvalue weighted by Crippen LogP contribution is 2.06. The number of hydrogen-bond acceptors (Lipinski definition) is 3. The molecule has 0 saturated carbocycles. The van der Waals surface area contributed by atoms with Crippen LogP contribution in [0.2, 0.25) is 0 Å². The van der Waals surface area contributed by atoms with Gasteiger partial charge in [-0.3, -0.25) is 4.79 Å². The van der Waals surface area contributed by atoms with Gasteiger partial charge in [-0.2, -0.15) is 0 Å². The number of allylic oxidation sites excluding steroid dienone is 1. The quantitative estimate of drug-likeness (QED) is 0.715. The van der Waals surface area contributed by atoms with E-state index in [1.165, 1.54) is 6.08 Å². The van der Waals surface area contributed by atoms with Crippen molar-refractivity contribution in [2.45, 2.75) is 19.9 Å². The van der Waals surface area contributed by atoms with E-state index in [0.717, 1.165) is 5.82 Å². The van der Waals surface area contributed by atoms with Crippen molar-refractivity contribution in [1.82, 2.24) is 20.1 Å². The highest BCUT2D eigenvalue weighted by molar-refractivity contribution is 5.87. The maximum atomic E-state index is 11.2. The Morgan fingerprint density at radius 3 is 2.93 bits per heavy atom. The Hall–Kier alpha value is -1.65. The summed E-state index contributed by atoms with van der Waals surface area (Å²) in [5.41, 5.74) is 0. The van der Waals surface area contributed by atoms with Gasteiger partial charge < -0.3 is 9.88 Å². The predicted molar refractivity (Wildman–Crippen MR) is 52.4 cm³/mol. The Morgan fingerprint density at radius 1 is 1.71 bits per heavy atom. The van der Waals surface area contributed by atoms with Gasteiger partial charge in [0, 0.05) is 7.05 Å². The van der Waals surface area contributed by atoms with Crippen molar-refractivity contribution in [2.75, 3.05) is 0 Å². The molecule has 0 fully saturated rings. The highest BCUT2D eigenvalue weighted by atomic mass is 16.1. The fourth-order valence-electron chi connectivity index (χ4n) is 1.16. The molecular weight excluding hydrogens is 180 g/mol. The third kappa shape index (κ3) is 2.42. The minimum atomic E-state index is -0.133. The van der Waals surface area contributed by atoms with Gasteiger partial charge in [-0.15, -0.1) is 10.2 Å². The fraction of sp³-hybridized carbons (Fsp3) is 0.444. The lowest BCUT2D eigenvalue weighted by Crippen LogP contribution is -2.26. The van der Waals surface area contributed by atoms with Crippen molar-refractivity contribution in [1.29, 1.82) is 0 Å². The Kier molecular flexibility index (Phi) is 3.39. The Labute approximate surface area is 82.8 Å². The van der Waals surface area contributed by atoms with Crippen LogP contribution in [0.15, 0.2) is 18.5 Å². The van der Waals surface area contributed by atoms with Crippen LogP contribution >= 0.6 is 0 Å². The molecule has 1 aromatic rings. The molecule has 0 aliphatic carbocycles. The molecule has 0 aromatic carbocycles. The maximum absolute atomic E-state index is 11.2. The number of carbonyl (C=O) groups excluding carboxylic acids is 1.